The van der Waals surface area contributed by atoms with Crippen LogP contribution in [0, 0.1) is 0 Å². The van der Waals surface area contributed by atoms with Crippen molar-refractivity contribution in [1.82, 2.24) is 9.97 Å². The van der Waals surface area contributed by atoms with Crippen molar-refractivity contribution in [3.05, 3.63) is 18.2 Å². The first-order valence-corrected chi connectivity index (χ1v) is 6.98. The number of nitrogens with zero attached hydrogens (tertiary/aromatic N) is 1. The van der Waals surface area contributed by atoms with E-state index in [2.05, 4.69) is 9.97 Å². The molecule has 1 aliphatic rings. The molecule has 1 aliphatic heterocycles. The molecule has 2 heterocycles. The van der Waals surface area contributed by atoms with E-state index in [0.717, 1.165) is 16.2 Å². The number of aliphatic hydroxyl groups excluding tert-OH is 2. The van der Waals surface area contributed by atoms with Crippen molar-refractivity contribution in [2.45, 2.75) is 23.5 Å². The van der Waals surface area contributed by atoms with Gasteiger partial charge < -0.3 is 25.7 Å². The quantitative estimate of drug-likeness (QED) is 0.478. The SMILES string of the molecule is Nc1ccc2nc(SCC3OCC(O)C3O)[nH]c2c1. The molecule has 0 saturated carbocycles. The molecule has 2 aromatic rings. The first-order valence-electron chi connectivity index (χ1n) is 5.99. The van der Waals surface area contributed by atoms with Crippen LogP contribution in [0.5, 0.6) is 0 Å². The molecule has 102 valence electrons. The number of aliphatic hydroxyl groups is 2. The molecule has 6 nitrogen and oxygen atoms in total. The van der Waals surface area contributed by atoms with E-state index in [9.17, 15) is 10.2 Å². The van der Waals surface area contributed by atoms with Crippen molar-refractivity contribution >= 4 is 28.5 Å². The zero-order chi connectivity index (χ0) is 13.4. The van der Waals surface area contributed by atoms with Gasteiger partial charge in [0.1, 0.15) is 12.2 Å². The Morgan fingerprint density at radius 1 is 1.47 bits per heavy atom. The van der Waals surface area contributed by atoms with Crippen LogP contribution in [0.15, 0.2) is 23.4 Å². The number of aromatic nitrogens is 2. The van der Waals surface area contributed by atoms with Crippen LogP contribution in [0.2, 0.25) is 0 Å². The molecule has 7 heteroatoms. The number of hydrogen-bond donors (Lipinski definition) is 4. The van der Waals surface area contributed by atoms with Crippen LogP contribution < -0.4 is 5.73 Å². The zero-order valence-corrected chi connectivity index (χ0v) is 10.9. The standard InChI is InChI=1S/C12H15N3O3S/c13-6-1-2-7-8(3-6)15-12(14-7)19-5-10-11(17)9(16)4-18-10/h1-3,9-11,16-17H,4-5,13H2,(H,14,15). The number of anilines is 1. The molecule has 0 aliphatic carbocycles. The summed E-state index contributed by atoms with van der Waals surface area (Å²) in [5.74, 6) is 0.535. The van der Waals surface area contributed by atoms with Crippen molar-refractivity contribution in [3.63, 3.8) is 0 Å². The fraction of sp³-hybridized carbons (Fsp3) is 0.417. The lowest BCUT2D eigenvalue weighted by atomic mass is 10.2. The molecule has 1 aromatic carbocycles. The highest BCUT2D eigenvalue weighted by atomic mass is 32.2. The Hall–Kier alpha value is -1.28. The van der Waals surface area contributed by atoms with E-state index in [0.29, 0.717) is 11.4 Å². The summed E-state index contributed by atoms with van der Waals surface area (Å²) in [6.07, 6.45) is -1.98. The molecular weight excluding hydrogens is 266 g/mol. The highest BCUT2D eigenvalue weighted by Gasteiger charge is 2.34. The zero-order valence-electron chi connectivity index (χ0n) is 10.1. The second-order valence-electron chi connectivity index (χ2n) is 4.56. The number of fused-ring (bicyclic) bond motifs is 1. The predicted molar refractivity (Wildman–Crippen MR) is 73.0 cm³/mol. The topological polar surface area (TPSA) is 104 Å². The summed E-state index contributed by atoms with van der Waals surface area (Å²) in [6.45, 7) is 0.184. The fourth-order valence-electron chi connectivity index (χ4n) is 2.05. The number of benzene rings is 1. The van der Waals surface area contributed by atoms with E-state index in [-0.39, 0.29) is 12.7 Å². The number of nitrogens with two attached hydrogens (primary N) is 1. The summed E-state index contributed by atoms with van der Waals surface area (Å²) in [5, 5.41) is 19.8. The van der Waals surface area contributed by atoms with Crippen LogP contribution in [0.25, 0.3) is 11.0 Å². The number of hydrogen-bond acceptors (Lipinski definition) is 6. The van der Waals surface area contributed by atoms with Gasteiger partial charge in [0.05, 0.1) is 23.7 Å². The highest BCUT2D eigenvalue weighted by molar-refractivity contribution is 7.99. The van der Waals surface area contributed by atoms with Gasteiger partial charge in [-0.15, -0.1) is 0 Å². The minimum absolute atomic E-state index is 0.184. The van der Waals surface area contributed by atoms with Crippen molar-refractivity contribution in [3.8, 4) is 0 Å². The maximum Gasteiger partial charge on any atom is 0.166 e. The van der Waals surface area contributed by atoms with Gasteiger partial charge >= 0.3 is 0 Å². The first kappa shape index (κ1) is 12.7. The van der Waals surface area contributed by atoms with Crippen molar-refractivity contribution in [2.75, 3.05) is 18.1 Å². The van der Waals surface area contributed by atoms with Crippen LogP contribution in [0.3, 0.4) is 0 Å². The Morgan fingerprint density at radius 3 is 3.05 bits per heavy atom. The molecule has 1 saturated heterocycles. The largest absolute Gasteiger partial charge is 0.399 e. The van der Waals surface area contributed by atoms with E-state index < -0.39 is 12.2 Å². The summed E-state index contributed by atoms with van der Waals surface area (Å²) < 4.78 is 5.31. The third-order valence-corrected chi connectivity index (χ3v) is 4.09. The molecule has 3 atom stereocenters. The van der Waals surface area contributed by atoms with Crippen molar-refractivity contribution in [2.24, 2.45) is 0 Å². The molecule has 3 unspecified atom stereocenters. The van der Waals surface area contributed by atoms with Gasteiger partial charge in [-0.2, -0.15) is 0 Å². The summed E-state index contributed by atoms with van der Waals surface area (Å²) >= 11 is 1.45. The number of nitrogens with one attached hydrogen (secondary N) is 1. The maximum absolute atomic E-state index is 9.68. The van der Waals surface area contributed by atoms with Gasteiger partial charge in [-0.05, 0) is 18.2 Å². The third-order valence-electron chi connectivity index (χ3n) is 3.12. The number of ether oxygens (including phenoxy) is 1. The molecule has 5 N–H and O–H groups in total. The molecule has 3 rings (SSSR count). The van der Waals surface area contributed by atoms with E-state index in [1.165, 1.54) is 11.8 Å². The molecule has 19 heavy (non-hydrogen) atoms. The van der Waals surface area contributed by atoms with Gasteiger partial charge in [-0.1, -0.05) is 11.8 Å². The number of thioether (sulfide) groups is 1. The van der Waals surface area contributed by atoms with Crippen LogP contribution in [-0.4, -0.2) is 50.9 Å². The van der Waals surface area contributed by atoms with Gasteiger partial charge in [0.2, 0.25) is 0 Å². The van der Waals surface area contributed by atoms with E-state index >= 15 is 0 Å². The summed E-state index contributed by atoms with van der Waals surface area (Å²) in [4.78, 5) is 7.57. The molecule has 1 aromatic heterocycles. The lowest BCUT2D eigenvalue weighted by molar-refractivity contribution is 0.0337. The van der Waals surface area contributed by atoms with E-state index in [1.807, 2.05) is 12.1 Å². The van der Waals surface area contributed by atoms with Crippen LogP contribution in [0.4, 0.5) is 5.69 Å². The second-order valence-corrected chi connectivity index (χ2v) is 5.57. The van der Waals surface area contributed by atoms with Crippen molar-refractivity contribution < 1.29 is 14.9 Å². The minimum Gasteiger partial charge on any atom is -0.399 e. The van der Waals surface area contributed by atoms with Crippen LogP contribution >= 0.6 is 11.8 Å². The van der Waals surface area contributed by atoms with Crippen LogP contribution in [-0.2, 0) is 4.74 Å². The molecule has 0 radical (unpaired) electrons. The van der Waals surface area contributed by atoms with Gasteiger partial charge in [-0.3, -0.25) is 0 Å². The van der Waals surface area contributed by atoms with Crippen LogP contribution in [0.1, 0.15) is 0 Å². The first-order chi connectivity index (χ1) is 9.13. The number of rotatable bonds is 3. The predicted octanol–water partition coefficient (Wildman–Crippen LogP) is 0.358. The Bertz CT molecular complexity index is 589. The number of nitrogen functional groups attached to an aromatic ring is 1. The summed E-state index contributed by atoms with van der Waals surface area (Å²) in [5.41, 5.74) is 8.13. The minimum atomic E-state index is -0.826. The molecule has 1 fully saturated rings. The second kappa shape index (κ2) is 5.01. The molecule has 0 spiro atoms. The molecule has 0 amide bonds. The summed E-state index contributed by atoms with van der Waals surface area (Å²) in [7, 11) is 0. The lowest BCUT2D eigenvalue weighted by Crippen LogP contribution is -2.31. The van der Waals surface area contributed by atoms with Gasteiger partial charge in [0, 0.05) is 11.4 Å². The molecular formula is C12H15N3O3S. The van der Waals surface area contributed by atoms with E-state index in [4.69, 9.17) is 10.5 Å². The average molecular weight is 281 g/mol. The Kier molecular flexibility index (Phi) is 3.36. The smallest absolute Gasteiger partial charge is 0.166 e. The molecule has 0 bridgehead atoms. The normalized spacial score (nSPS) is 27.2. The summed E-state index contributed by atoms with van der Waals surface area (Å²) in [6, 6.07) is 5.49. The lowest BCUT2D eigenvalue weighted by Gasteiger charge is -2.13. The number of H-pyrrole nitrogens is 1. The van der Waals surface area contributed by atoms with Gasteiger partial charge in [0.25, 0.3) is 0 Å². The fourth-order valence-corrected chi connectivity index (χ4v) is 3.01. The highest BCUT2D eigenvalue weighted by Crippen LogP contribution is 2.25. The average Bonchev–Trinajstić information content (AvgIpc) is 2.92. The van der Waals surface area contributed by atoms with Gasteiger partial charge in [-0.25, -0.2) is 4.98 Å². The number of aromatic amines is 1. The maximum atomic E-state index is 9.68. The monoisotopic (exact) mass is 281 g/mol. The third kappa shape index (κ3) is 2.55. The Balaban J connectivity index is 1.68. The Labute approximate surface area is 114 Å². The van der Waals surface area contributed by atoms with E-state index in [1.54, 1.807) is 6.07 Å². The van der Waals surface area contributed by atoms with Crippen molar-refractivity contribution in [1.29, 1.82) is 0 Å². The number of imidazole rings is 1. The Morgan fingerprint density at radius 2 is 2.32 bits per heavy atom. The van der Waals surface area contributed by atoms with Gasteiger partial charge in [0.15, 0.2) is 5.16 Å².